The van der Waals surface area contributed by atoms with Gasteiger partial charge in [0, 0.05) is 19.3 Å². The highest BCUT2D eigenvalue weighted by molar-refractivity contribution is 5.10. The lowest BCUT2D eigenvalue weighted by Crippen LogP contribution is -2.44. The van der Waals surface area contributed by atoms with E-state index in [0.717, 1.165) is 12.2 Å². The van der Waals surface area contributed by atoms with Crippen molar-refractivity contribution in [3.05, 3.63) is 18.2 Å². The van der Waals surface area contributed by atoms with Crippen molar-refractivity contribution >= 4 is 0 Å². The standard InChI is InChI=1S/C10H14F3N3/c1-2-16-7-14-5-8(16)6-15-9(3-4-9)10(11,12)13/h5,7,15H,2-4,6H2,1H3. The second-order valence-corrected chi connectivity index (χ2v) is 4.10. The number of alkyl halides is 3. The van der Waals surface area contributed by atoms with Crippen molar-refractivity contribution in [2.24, 2.45) is 0 Å². The molecule has 0 bridgehead atoms. The van der Waals surface area contributed by atoms with Crippen LogP contribution < -0.4 is 5.32 Å². The molecule has 1 aliphatic rings. The topological polar surface area (TPSA) is 29.9 Å². The second-order valence-electron chi connectivity index (χ2n) is 4.10. The first-order chi connectivity index (χ1) is 7.48. The highest BCUT2D eigenvalue weighted by atomic mass is 19.4. The number of nitrogens with one attached hydrogen (secondary N) is 1. The van der Waals surface area contributed by atoms with E-state index in [0.29, 0.717) is 0 Å². The number of hydrogen-bond donors (Lipinski definition) is 1. The summed E-state index contributed by atoms with van der Waals surface area (Å²) in [6, 6.07) is 0. The van der Waals surface area contributed by atoms with E-state index >= 15 is 0 Å². The third kappa shape index (κ3) is 1.93. The molecule has 0 unspecified atom stereocenters. The third-order valence-electron chi connectivity index (χ3n) is 3.04. The molecule has 1 aromatic heterocycles. The van der Waals surface area contributed by atoms with Crippen LogP contribution in [0.1, 0.15) is 25.5 Å². The van der Waals surface area contributed by atoms with E-state index < -0.39 is 11.7 Å². The molecule has 0 spiro atoms. The van der Waals surface area contributed by atoms with Crippen LogP contribution in [0.5, 0.6) is 0 Å². The number of aromatic nitrogens is 2. The van der Waals surface area contributed by atoms with Crippen molar-refractivity contribution in [2.75, 3.05) is 0 Å². The Morgan fingerprint density at radius 2 is 2.19 bits per heavy atom. The van der Waals surface area contributed by atoms with Crippen molar-refractivity contribution < 1.29 is 13.2 Å². The van der Waals surface area contributed by atoms with E-state index in [2.05, 4.69) is 10.3 Å². The minimum Gasteiger partial charge on any atom is -0.334 e. The quantitative estimate of drug-likeness (QED) is 0.863. The van der Waals surface area contributed by atoms with Gasteiger partial charge in [-0.25, -0.2) is 4.98 Å². The monoisotopic (exact) mass is 233 g/mol. The Morgan fingerprint density at radius 1 is 1.50 bits per heavy atom. The average Bonchev–Trinajstić information content (AvgIpc) is 2.88. The third-order valence-corrected chi connectivity index (χ3v) is 3.04. The van der Waals surface area contributed by atoms with Gasteiger partial charge in [0.1, 0.15) is 5.54 Å². The van der Waals surface area contributed by atoms with Crippen molar-refractivity contribution in [2.45, 2.75) is 44.6 Å². The molecule has 0 radical (unpaired) electrons. The van der Waals surface area contributed by atoms with E-state index in [1.807, 2.05) is 11.5 Å². The Kier molecular flexibility index (Phi) is 2.69. The van der Waals surface area contributed by atoms with Gasteiger partial charge < -0.3 is 4.57 Å². The first-order valence-electron chi connectivity index (χ1n) is 5.29. The predicted molar refractivity (Wildman–Crippen MR) is 52.8 cm³/mol. The fourth-order valence-corrected chi connectivity index (χ4v) is 1.73. The Balaban J connectivity index is 1.98. The molecule has 1 heterocycles. The normalized spacial score (nSPS) is 18.8. The van der Waals surface area contributed by atoms with Crippen LogP contribution in [-0.2, 0) is 13.1 Å². The average molecular weight is 233 g/mol. The van der Waals surface area contributed by atoms with Gasteiger partial charge in [0.05, 0.1) is 12.0 Å². The lowest BCUT2D eigenvalue weighted by molar-refractivity contribution is -0.166. The highest BCUT2D eigenvalue weighted by Gasteiger charge is 2.62. The Labute approximate surface area is 91.7 Å². The Hall–Kier alpha value is -1.04. The Bertz CT molecular complexity index is 366. The Morgan fingerprint density at radius 3 is 2.69 bits per heavy atom. The zero-order valence-corrected chi connectivity index (χ0v) is 9.01. The van der Waals surface area contributed by atoms with E-state index in [1.165, 1.54) is 0 Å². The lowest BCUT2D eigenvalue weighted by Gasteiger charge is -2.20. The molecule has 16 heavy (non-hydrogen) atoms. The molecular formula is C10H14F3N3. The molecule has 90 valence electrons. The molecule has 0 amide bonds. The summed E-state index contributed by atoms with van der Waals surface area (Å²) >= 11 is 0. The van der Waals surface area contributed by atoms with E-state index in [-0.39, 0.29) is 19.4 Å². The van der Waals surface area contributed by atoms with Crippen LogP contribution in [0.4, 0.5) is 13.2 Å². The molecule has 0 aliphatic heterocycles. The summed E-state index contributed by atoms with van der Waals surface area (Å²) in [7, 11) is 0. The van der Waals surface area contributed by atoms with Gasteiger partial charge in [-0.15, -0.1) is 0 Å². The predicted octanol–water partition coefficient (Wildman–Crippen LogP) is 2.09. The van der Waals surface area contributed by atoms with Crippen LogP contribution in [-0.4, -0.2) is 21.3 Å². The molecule has 6 heteroatoms. The molecule has 1 aliphatic carbocycles. The molecule has 1 aromatic rings. The molecule has 0 aromatic carbocycles. The molecule has 1 N–H and O–H groups in total. The summed E-state index contributed by atoms with van der Waals surface area (Å²) < 4.78 is 39.7. The minimum absolute atomic E-state index is 0.177. The fourth-order valence-electron chi connectivity index (χ4n) is 1.73. The lowest BCUT2D eigenvalue weighted by atomic mass is 10.2. The van der Waals surface area contributed by atoms with Gasteiger partial charge in [0.15, 0.2) is 0 Å². The SMILES string of the molecule is CCn1cncc1CNC1(C(F)(F)F)CC1. The van der Waals surface area contributed by atoms with Crippen LogP contribution in [0.25, 0.3) is 0 Å². The van der Waals surface area contributed by atoms with E-state index in [9.17, 15) is 13.2 Å². The van der Waals surface area contributed by atoms with Crippen molar-refractivity contribution in [1.29, 1.82) is 0 Å². The maximum absolute atomic E-state index is 12.6. The summed E-state index contributed by atoms with van der Waals surface area (Å²) in [5.41, 5.74) is -0.853. The fraction of sp³-hybridized carbons (Fsp3) is 0.700. The zero-order chi connectivity index (χ0) is 11.8. The van der Waals surface area contributed by atoms with E-state index in [4.69, 9.17) is 0 Å². The molecular weight excluding hydrogens is 219 g/mol. The summed E-state index contributed by atoms with van der Waals surface area (Å²) in [5, 5.41) is 2.60. The van der Waals surface area contributed by atoms with Crippen LogP contribution in [0, 0.1) is 0 Å². The van der Waals surface area contributed by atoms with Crippen LogP contribution in [0.2, 0.25) is 0 Å². The number of imidazole rings is 1. The summed E-state index contributed by atoms with van der Waals surface area (Å²) in [4.78, 5) is 3.92. The molecule has 2 rings (SSSR count). The summed E-state index contributed by atoms with van der Waals surface area (Å²) in [5.74, 6) is 0. The first-order valence-corrected chi connectivity index (χ1v) is 5.29. The molecule has 1 saturated carbocycles. The van der Waals surface area contributed by atoms with Gasteiger partial charge >= 0.3 is 6.18 Å². The largest absolute Gasteiger partial charge is 0.406 e. The van der Waals surface area contributed by atoms with Gasteiger partial charge in [-0.2, -0.15) is 13.2 Å². The van der Waals surface area contributed by atoms with Gasteiger partial charge in [-0.1, -0.05) is 0 Å². The van der Waals surface area contributed by atoms with Gasteiger partial charge in [-0.05, 0) is 19.8 Å². The minimum atomic E-state index is -4.15. The number of hydrogen-bond acceptors (Lipinski definition) is 2. The summed E-state index contributed by atoms with van der Waals surface area (Å²) in [6.07, 6.45) is -0.565. The molecule has 0 atom stereocenters. The number of halogens is 3. The summed E-state index contributed by atoms with van der Waals surface area (Å²) in [6.45, 7) is 2.87. The highest BCUT2D eigenvalue weighted by Crippen LogP contribution is 2.49. The van der Waals surface area contributed by atoms with E-state index in [1.54, 1.807) is 12.5 Å². The number of nitrogens with zero attached hydrogens (tertiary/aromatic N) is 2. The number of aryl methyl sites for hydroxylation is 1. The number of rotatable bonds is 4. The van der Waals surface area contributed by atoms with Crippen molar-refractivity contribution in [1.82, 2.24) is 14.9 Å². The van der Waals surface area contributed by atoms with Crippen molar-refractivity contribution in [3.63, 3.8) is 0 Å². The second kappa shape index (κ2) is 3.76. The van der Waals surface area contributed by atoms with Crippen LogP contribution >= 0.6 is 0 Å². The smallest absolute Gasteiger partial charge is 0.334 e. The molecule has 0 saturated heterocycles. The first kappa shape index (κ1) is 11.4. The maximum atomic E-state index is 12.6. The zero-order valence-electron chi connectivity index (χ0n) is 9.01. The van der Waals surface area contributed by atoms with Gasteiger partial charge in [0.2, 0.25) is 0 Å². The molecule has 3 nitrogen and oxygen atoms in total. The van der Waals surface area contributed by atoms with Gasteiger partial charge in [-0.3, -0.25) is 5.32 Å². The molecule has 1 fully saturated rings. The maximum Gasteiger partial charge on any atom is 0.406 e. The van der Waals surface area contributed by atoms with Crippen LogP contribution in [0.15, 0.2) is 12.5 Å². The van der Waals surface area contributed by atoms with Crippen LogP contribution in [0.3, 0.4) is 0 Å². The van der Waals surface area contributed by atoms with Gasteiger partial charge in [0.25, 0.3) is 0 Å². The van der Waals surface area contributed by atoms with Crippen molar-refractivity contribution in [3.8, 4) is 0 Å².